The van der Waals surface area contributed by atoms with E-state index >= 15 is 0 Å². The molecule has 1 heterocycles. The zero-order chi connectivity index (χ0) is 15.8. The average Bonchev–Trinajstić information content (AvgIpc) is 2.54. The zero-order valence-electron chi connectivity index (χ0n) is 13.5. The quantitative estimate of drug-likeness (QED) is 0.710. The van der Waals surface area contributed by atoms with E-state index in [1.165, 1.54) is 24.2 Å². The summed E-state index contributed by atoms with van der Waals surface area (Å²) in [6.45, 7) is 7.14. The Hall–Kier alpha value is -1.52. The van der Waals surface area contributed by atoms with Gasteiger partial charge in [-0.2, -0.15) is 0 Å². The molecule has 4 nitrogen and oxygen atoms in total. The summed E-state index contributed by atoms with van der Waals surface area (Å²) < 4.78 is 11.1. The summed E-state index contributed by atoms with van der Waals surface area (Å²) in [4.78, 5) is 1.48. The second kappa shape index (κ2) is 8.81. The van der Waals surface area contributed by atoms with Crippen molar-refractivity contribution < 1.29 is 19.5 Å². The van der Waals surface area contributed by atoms with E-state index in [9.17, 15) is 5.11 Å². The van der Waals surface area contributed by atoms with Crippen LogP contribution in [0.1, 0.15) is 24.8 Å². The fraction of sp³-hybridized carbons (Fsp3) is 0.556. The number of aliphatic hydroxyl groups is 1. The Labute approximate surface area is 133 Å². The third-order valence-electron chi connectivity index (χ3n) is 4.12. The molecule has 1 saturated heterocycles. The highest BCUT2D eigenvalue weighted by atomic mass is 16.5. The van der Waals surface area contributed by atoms with E-state index in [0.29, 0.717) is 18.1 Å². The van der Waals surface area contributed by atoms with Gasteiger partial charge in [-0.1, -0.05) is 12.1 Å². The maximum absolute atomic E-state index is 10.2. The van der Waals surface area contributed by atoms with Crippen molar-refractivity contribution in [3.05, 3.63) is 36.4 Å². The largest absolute Gasteiger partial charge is 0.493 e. The summed E-state index contributed by atoms with van der Waals surface area (Å²) in [7, 11) is 1.63. The molecule has 0 amide bonds. The van der Waals surface area contributed by atoms with E-state index in [0.717, 1.165) is 31.6 Å². The highest BCUT2D eigenvalue weighted by Crippen LogP contribution is 2.28. The maximum atomic E-state index is 10.2. The van der Waals surface area contributed by atoms with Gasteiger partial charge in [-0.3, -0.25) is 0 Å². The molecule has 1 atom stereocenters. The summed E-state index contributed by atoms with van der Waals surface area (Å²) in [5.41, 5.74) is 1.14. The maximum Gasteiger partial charge on any atom is 0.161 e. The number of piperidine rings is 1. The van der Waals surface area contributed by atoms with Crippen molar-refractivity contribution in [3.63, 3.8) is 0 Å². The van der Waals surface area contributed by atoms with Gasteiger partial charge in [0.25, 0.3) is 0 Å². The van der Waals surface area contributed by atoms with Crippen molar-refractivity contribution in [3.8, 4) is 11.5 Å². The first-order valence-electron chi connectivity index (χ1n) is 8.15. The van der Waals surface area contributed by atoms with Crippen LogP contribution in [-0.4, -0.2) is 44.6 Å². The lowest BCUT2D eigenvalue weighted by atomic mass is 10.1. The lowest BCUT2D eigenvalue weighted by Gasteiger charge is -2.25. The molecule has 0 aliphatic carbocycles. The van der Waals surface area contributed by atoms with E-state index in [1.54, 1.807) is 7.11 Å². The Kier molecular flexibility index (Phi) is 6.74. The number of benzene rings is 1. The molecule has 0 bridgehead atoms. The first-order chi connectivity index (χ1) is 10.7. The van der Waals surface area contributed by atoms with Gasteiger partial charge in [0.1, 0.15) is 19.3 Å². The highest BCUT2D eigenvalue weighted by molar-refractivity contribution is 5.43. The van der Waals surface area contributed by atoms with E-state index < -0.39 is 6.10 Å². The first-order valence-corrected chi connectivity index (χ1v) is 8.15. The summed E-state index contributed by atoms with van der Waals surface area (Å²) in [5.74, 6) is 1.39. The van der Waals surface area contributed by atoms with Crippen molar-refractivity contribution in [2.75, 3.05) is 33.4 Å². The van der Waals surface area contributed by atoms with Gasteiger partial charge in [0.2, 0.25) is 0 Å². The lowest BCUT2D eigenvalue weighted by Crippen LogP contribution is -3.14. The molecule has 0 saturated carbocycles. The van der Waals surface area contributed by atoms with Gasteiger partial charge >= 0.3 is 0 Å². The van der Waals surface area contributed by atoms with Crippen LogP contribution in [-0.2, 0) is 6.42 Å². The molecular formula is C18H28NO3+. The number of rotatable bonds is 8. The lowest BCUT2D eigenvalue weighted by molar-refractivity contribution is -0.908. The van der Waals surface area contributed by atoms with Gasteiger partial charge < -0.3 is 19.5 Å². The van der Waals surface area contributed by atoms with Gasteiger partial charge in [0, 0.05) is 0 Å². The van der Waals surface area contributed by atoms with Crippen LogP contribution in [0.15, 0.2) is 30.9 Å². The molecule has 2 rings (SSSR count). The molecule has 0 radical (unpaired) electrons. The average molecular weight is 306 g/mol. The number of aliphatic hydroxyl groups excluding tert-OH is 1. The predicted octanol–water partition coefficient (Wildman–Crippen LogP) is 1.23. The van der Waals surface area contributed by atoms with Gasteiger partial charge in [0.05, 0.1) is 20.2 Å². The van der Waals surface area contributed by atoms with Gasteiger partial charge in [-0.25, -0.2) is 0 Å². The van der Waals surface area contributed by atoms with Crippen molar-refractivity contribution in [2.24, 2.45) is 0 Å². The minimum Gasteiger partial charge on any atom is -0.493 e. The SMILES string of the molecule is C=CCc1ccc(OCC(O)C[NH+]2CCCCC2)c(OC)c1. The standard InChI is InChI=1S/C18H27NO3/c1-3-7-15-8-9-17(18(12-15)21-2)22-14-16(20)13-19-10-5-4-6-11-19/h3,8-9,12,16,20H,1,4-7,10-11,13-14H2,2H3/p+1. The molecule has 4 heteroatoms. The molecule has 1 aromatic rings. The van der Waals surface area contributed by atoms with Crippen molar-refractivity contribution in [2.45, 2.75) is 31.8 Å². The monoisotopic (exact) mass is 306 g/mol. The zero-order valence-corrected chi connectivity index (χ0v) is 13.5. The Bertz CT molecular complexity index is 469. The third kappa shape index (κ3) is 5.04. The number of hydrogen-bond donors (Lipinski definition) is 2. The van der Waals surface area contributed by atoms with Crippen LogP contribution >= 0.6 is 0 Å². The van der Waals surface area contributed by atoms with Crippen LogP contribution in [0.4, 0.5) is 0 Å². The Balaban J connectivity index is 1.85. The summed E-state index contributed by atoms with van der Waals surface area (Å²) in [6.07, 6.45) is 6.08. The fourth-order valence-electron chi connectivity index (χ4n) is 2.96. The van der Waals surface area contributed by atoms with E-state index in [4.69, 9.17) is 9.47 Å². The summed E-state index contributed by atoms with van der Waals surface area (Å²) in [5, 5.41) is 10.2. The van der Waals surface area contributed by atoms with E-state index in [-0.39, 0.29) is 0 Å². The number of hydrogen-bond acceptors (Lipinski definition) is 3. The second-order valence-corrected chi connectivity index (χ2v) is 5.96. The Morgan fingerprint density at radius 2 is 2.05 bits per heavy atom. The number of likely N-dealkylation sites (tertiary alicyclic amines) is 1. The van der Waals surface area contributed by atoms with Crippen molar-refractivity contribution >= 4 is 0 Å². The van der Waals surface area contributed by atoms with E-state index in [1.807, 2.05) is 24.3 Å². The molecule has 2 N–H and O–H groups in total. The van der Waals surface area contributed by atoms with E-state index in [2.05, 4.69) is 6.58 Å². The smallest absolute Gasteiger partial charge is 0.161 e. The highest BCUT2D eigenvalue weighted by Gasteiger charge is 2.18. The minimum absolute atomic E-state index is 0.306. The van der Waals surface area contributed by atoms with Gasteiger partial charge in [-0.15, -0.1) is 6.58 Å². The second-order valence-electron chi connectivity index (χ2n) is 5.96. The molecule has 0 spiro atoms. The molecule has 1 aromatic carbocycles. The fourth-order valence-corrected chi connectivity index (χ4v) is 2.96. The molecule has 0 aromatic heterocycles. The van der Waals surface area contributed by atoms with Gasteiger partial charge in [0.15, 0.2) is 11.5 Å². The van der Waals surface area contributed by atoms with Crippen LogP contribution in [0, 0.1) is 0 Å². The molecule has 1 unspecified atom stereocenters. The van der Waals surface area contributed by atoms with Crippen LogP contribution in [0.5, 0.6) is 11.5 Å². The Morgan fingerprint density at radius 1 is 1.27 bits per heavy atom. The van der Waals surface area contributed by atoms with Crippen LogP contribution in [0.3, 0.4) is 0 Å². The van der Waals surface area contributed by atoms with Gasteiger partial charge in [-0.05, 0) is 43.4 Å². The van der Waals surface area contributed by atoms with Crippen LogP contribution in [0.25, 0.3) is 0 Å². The number of allylic oxidation sites excluding steroid dienone is 1. The number of quaternary nitrogens is 1. The van der Waals surface area contributed by atoms with Crippen LogP contribution in [0.2, 0.25) is 0 Å². The number of methoxy groups -OCH3 is 1. The predicted molar refractivity (Wildman–Crippen MR) is 87.8 cm³/mol. The molecule has 1 aliphatic heterocycles. The molecule has 1 fully saturated rings. The summed E-state index contributed by atoms with van der Waals surface area (Å²) >= 11 is 0. The first kappa shape index (κ1) is 16.8. The minimum atomic E-state index is -0.439. The van der Waals surface area contributed by atoms with Crippen molar-refractivity contribution in [1.29, 1.82) is 0 Å². The van der Waals surface area contributed by atoms with Crippen molar-refractivity contribution in [1.82, 2.24) is 0 Å². The number of nitrogens with one attached hydrogen (secondary N) is 1. The Morgan fingerprint density at radius 3 is 2.73 bits per heavy atom. The molecule has 1 aliphatic rings. The third-order valence-corrected chi connectivity index (χ3v) is 4.12. The van der Waals surface area contributed by atoms with Crippen LogP contribution < -0.4 is 14.4 Å². The molecule has 22 heavy (non-hydrogen) atoms. The normalized spacial score (nSPS) is 17.0. The number of ether oxygens (including phenoxy) is 2. The summed E-state index contributed by atoms with van der Waals surface area (Å²) in [6, 6.07) is 5.86. The topological polar surface area (TPSA) is 43.1 Å². The molecular weight excluding hydrogens is 278 g/mol. The molecule has 122 valence electrons.